The van der Waals surface area contributed by atoms with Crippen LogP contribution in [0, 0.1) is 12.8 Å². The maximum Gasteiger partial charge on any atom is 0.246 e. The van der Waals surface area contributed by atoms with Gasteiger partial charge in [-0.3, -0.25) is 4.79 Å². The van der Waals surface area contributed by atoms with Gasteiger partial charge in [-0.1, -0.05) is 11.6 Å². The highest BCUT2D eigenvalue weighted by Crippen LogP contribution is 2.35. The van der Waals surface area contributed by atoms with Crippen LogP contribution in [-0.4, -0.2) is 44.4 Å². The number of carbonyl (C=O) groups is 1. The van der Waals surface area contributed by atoms with Crippen molar-refractivity contribution in [3.8, 4) is 5.75 Å². The van der Waals surface area contributed by atoms with Gasteiger partial charge in [0.2, 0.25) is 15.9 Å². The Bertz CT molecular complexity index is 766. The lowest BCUT2D eigenvalue weighted by Crippen LogP contribution is -2.49. The number of fused-ring (bicyclic) bond motifs is 1. The average Bonchev–Trinajstić information content (AvgIpc) is 2.89. The molecule has 2 atom stereocenters. The molecule has 1 aromatic carbocycles. The van der Waals surface area contributed by atoms with Crippen molar-refractivity contribution in [2.24, 2.45) is 5.92 Å². The summed E-state index contributed by atoms with van der Waals surface area (Å²) in [5, 5.41) is 3.26. The minimum Gasteiger partial charge on any atom is -0.492 e. The van der Waals surface area contributed by atoms with Crippen molar-refractivity contribution in [2.45, 2.75) is 37.6 Å². The van der Waals surface area contributed by atoms with Crippen LogP contribution in [0.4, 0.5) is 0 Å². The Hall–Kier alpha value is -1.31. The van der Waals surface area contributed by atoms with Gasteiger partial charge in [-0.2, -0.15) is 4.31 Å². The van der Waals surface area contributed by atoms with Gasteiger partial charge < -0.3 is 10.1 Å². The van der Waals surface area contributed by atoms with Crippen molar-refractivity contribution >= 4 is 27.5 Å². The van der Waals surface area contributed by atoms with Crippen molar-refractivity contribution < 1.29 is 17.9 Å². The molecule has 1 N–H and O–H groups in total. The largest absolute Gasteiger partial charge is 0.492 e. The fraction of sp³-hybridized carbons (Fsp3) is 0.562. The first kappa shape index (κ1) is 17.5. The monoisotopic (exact) mass is 372 g/mol. The third-order valence-corrected chi connectivity index (χ3v) is 6.95. The van der Waals surface area contributed by atoms with Crippen LogP contribution in [0.3, 0.4) is 0 Å². The van der Waals surface area contributed by atoms with E-state index in [1.807, 2.05) is 0 Å². The Morgan fingerprint density at radius 3 is 2.88 bits per heavy atom. The molecule has 0 aliphatic carbocycles. The Morgan fingerprint density at radius 1 is 1.42 bits per heavy atom. The molecule has 6 nitrogen and oxygen atoms in total. The fourth-order valence-corrected chi connectivity index (χ4v) is 5.19. The molecule has 2 aliphatic rings. The first-order chi connectivity index (χ1) is 11.3. The zero-order valence-electron chi connectivity index (χ0n) is 13.7. The molecule has 0 bridgehead atoms. The number of sulfonamides is 1. The van der Waals surface area contributed by atoms with E-state index in [1.54, 1.807) is 19.9 Å². The second-order valence-electron chi connectivity index (χ2n) is 6.27. The number of halogens is 1. The summed E-state index contributed by atoms with van der Waals surface area (Å²) < 4.78 is 33.1. The van der Waals surface area contributed by atoms with Crippen LogP contribution in [0.2, 0.25) is 5.02 Å². The van der Waals surface area contributed by atoms with E-state index < -0.39 is 10.0 Å². The lowest BCUT2D eigenvalue weighted by atomic mass is 9.94. The highest BCUT2D eigenvalue weighted by atomic mass is 35.5. The van der Waals surface area contributed by atoms with E-state index in [0.29, 0.717) is 36.8 Å². The second-order valence-corrected chi connectivity index (χ2v) is 8.58. The zero-order valence-corrected chi connectivity index (χ0v) is 15.3. The van der Waals surface area contributed by atoms with Crippen LogP contribution >= 0.6 is 11.6 Å². The summed E-state index contributed by atoms with van der Waals surface area (Å²) in [6.07, 6.45) is 1.16. The molecule has 0 spiro atoms. The summed E-state index contributed by atoms with van der Waals surface area (Å²) in [5.74, 6) is 0.534. The number of aryl methyl sites for hydroxylation is 1. The first-order valence-corrected chi connectivity index (χ1v) is 9.87. The molecule has 8 heteroatoms. The van der Waals surface area contributed by atoms with Gasteiger partial charge in [0.05, 0.1) is 6.61 Å². The maximum absolute atomic E-state index is 13.1. The predicted octanol–water partition coefficient (Wildman–Crippen LogP) is 1.95. The Balaban J connectivity index is 1.93. The number of benzene rings is 1. The van der Waals surface area contributed by atoms with Gasteiger partial charge in [0.1, 0.15) is 10.6 Å². The third kappa shape index (κ3) is 3.12. The molecule has 0 saturated carbocycles. The van der Waals surface area contributed by atoms with E-state index in [1.165, 1.54) is 10.4 Å². The highest BCUT2D eigenvalue weighted by molar-refractivity contribution is 7.89. The summed E-state index contributed by atoms with van der Waals surface area (Å²) in [4.78, 5) is 11.6. The number of rotatable bonds is 4. The van der Waals surface area contributed by atoms with E-state index in [2.05, 4.69) is 5.32 Å². The lowest BCUT2D eigenvalue weighted by Gasteiger charge is -2.33. The number of hydrogen-bond acceptors (Lipinski definition) is 4. The number of nitrogens with one attached hydrogen (secondary N) is 1. The molecule has 0 radical (unpaired) electrons. The van der Waals surface area contributed by atoms with E-state index in [9.17, 15) is 13.2 Å². The van der Waals surface area contributed by atoms with E-state index in [4.69, 9.17) is 16.3 Å². The Labute approximate surface area is 147 Å². The molecule has 1 aromatic rings. The summed E-state index contributed by atoms with van der Waals surface area (Å²) in [6, 6.07) is 3.00. The van der Waals surface area contributed by atoms with Crippen molar-refractivity contribution in [1.29, 1.82) is 0 Å². The first-order valence-electron chi connectivity index (χ1n) is 8.05. The van der Waals surface area contributed by atoms with Gasteiger partial charge in [0, 0.05) is 30.6 Å². The SMILES string of the molecule is CCOc1cc(C)c(Cl)cc1S(=O)(=O)N1CC[C@@H]2CC(=O)N[C@@H]2C1. The molecule has 2 heterocycles. The molecular formula is C16H21ClN2O4S. The highest BCUT2D eigenvalue weighted by Gasteiger charge is 2.41. The summed E-state index contributed by atoms with van der Waals surface area (Å²) in [6.45, 7) is 4.66. The van der Waals surface area contributed by atoms with Gasteiger partial charge in [-0.05, 0) is 43.9 Å². The van der Waals surface area contributed by atoms with Crippen LogP contribution < -0.4 is 10.1 Å². The lowest BCUT2D eigenvalue weighted by molar-refractivity contribution is -0.119. The summed E-state index contributed by atoms with van der Waals surface area (Å²) >= 11 is 6.14. The molecule has 0 aromatic heterocycles. The number of nitrogens with zero attached hydrogens (tertiary/aromatic N) is 1. The maximum atomic E-state index is 13.1. The summed E-state index contributed by atoms with van der Waals surface area (Å²) in [7, 11) is -3.74. The average molecular weight is 373 g/mol. The van der Waals surface area contributed by atoms with E-state index in [-0.39, 0.29) is 29.3 Å². The van der Waals surface area contributed by atoms with Crippen molar-refractivity contribution in [2.75, 3.05) is 19.7 Å². The Kier molecular flexibility index (Phi) is 4.77. The van der Waals surface area contributed by atoms with Gasteiger partial charge in [0.15, 0.2) is 0 Å². The van der Waals surface area contributed by atoms with Crippen LogP contribution in [-0.2, 0) is 14.8 Å². The van der Waals surface area contributed by atoms with Crippen molar-refractivity contribution in [3.63, 3.8) is 0 Å². The minimum atomic E-state index is -3.74. The van der Waals surface area contributed by atoms with Crippen LogP contribution in [0.5, 0.6) is 5.75 Å². The molecule has 132 valence electrons. The van der Waals surface area contributed by atoms with Gasteiger partial charge in [-0.15, -0.1) is 0 Å². The molecule has 2 fully saturated rings. The molecular weight excluding hydrogens is 352 g/mol. The normalized spacial score (nSPS) is 24.5. The standard InChI is InChI=1S/C16H21ClN2O4S/c1-3-23-14-6-10(2)12(17)8-15(14)24(21,22)19-5-4-11-7-16(20)18-13(11)9-19/h6,8,11,13H,3-5,7,9H2,1-2H3,(H,18,20)/t11-,13-/m1/s1. The number of ether oxygens (including phenoxy) is 1. The number of piperidine rings is 1. The quantitative estimate of drug-likeness (QED) is 0.876. The number of carbonyl (C=O) groups excluding carboxylic acids is 1. The molecule has 2 aliphatic heterocycles. The van der Waals surface area contributed by atoms with Gasteiger partial charge in [0.25, 0.3) is 0 Å². The predicted molar refractivity (Wildman–Crippen MR) is 90.8 cm³/mol. The van der Waals surface area contributed by atoms with E-state index in [0.717, 1.165) is 5.56 Å². The molecule has 0 unspecified atom stereocenters. The molecule has 2 saturated heterocycles. The zero-order chi connectivity index (χ0) is 17.5. The van der Waals surface area contributed by atoms with E-state index >= 15 is 0 Å². The van der Waals surface area contributed by atoms with Gasteiger partial charge in [-0.25, -0.2) is 8.42 Å². The number of hydrogen-bond donors (Lipinski definition) is 1. The second kappa shape index (κ2) is 6.54. The minimum absolute atomic E-state index is 0.00219. The topological polar surface area (TPSA) is 75.7 Å². The smallest absolute Gasteiger partial charge is 0.246 e. The molecule has 3 rings (SSSR count). The van der Waals surface area contributed by atoms with Crippen LogP contribution in [0.25, 0.3) is 0 Å². The van der Waals surface area contributed by atoms with Crippen LogP contribution in [0.15, 0.2) is 17.0 Å². The van der Waals surface area contributed by atoms with Gasteiger partial charge >= 0.3 is 0 Å². The van der Waals surface area contributed by atoms with Crippen LogP contribution in [0.1, 0.15) is 25.3 Å². The third-order valence-electron chi connectivity index (χ3n) is 4.66. The van der Waals surface area contributed by atoms with Crippen molar-refractivity contribution in [3.05, 3.63) is 22.7 Å². The summed E-state index contributed by atoms with van der Waals surface area (Å²) in [5.41, 5.74) is 0.765. The van der Waals surface area contributed by atoms with Crippen molar-refractivity contribution in [1.82, 2.24) is 9.62 Å². The number of amides is 1. The fourth-order valence-electron chi connectivity index (χ4n) is 3.35. The molecule has 1 amide bonds. The Morgan fingerprint density at radius 2 is 2.17 bits per heavy atom. The molecule has 24 heavy (non-hydrogen) atoms.